The quantitative estimate of drug-likeness (QED) is 0.841. The Morgan fingerprint density at radius 1 is 1.17 bits per heavy atom. The van der Waals surface area contributed by atoms with E-state index in [9.17, 15) is 4.79 Å². The highest BCUT2D eigenvalue weighted by Crippen LogP contribution is 2.11. The average molecular weight is 249 g/mol. The topological polar surface area (TPSA) is 38.3 Å². The molecular weight excluding hydrogens is 226 g/mol. The van der Waals surface area contributed by atoms with Gasteiger partial charge in [0.1, 0.15) is 6.10 Å². The van der Waals surface area contributed by atoms with Gasteiger partial charge >= 0.3 is 0 Å². The molecule has 0 aliphatic heterocycles. The minimum atomic E-state index is -0.404. The summed E-state index contributed by atoms with van der Waals surface area (Å²) in [5.41, 5.74) is 1.10. The van der Waals surface area contributed by atoms with E-state index in [4.69, 9.17) is 4.74 Å². The smallest absolute Gasteiger partial charge is 0.249 e. The fourth-order valence-corrected chi connectivity index (χ4v) is 1.57. The Labute approximate surface area is 110 Å². The molecule has 0 aliphatic carbocycles. The van der Waals surface area contributed by atoms with Crippen LogP contribution in [-0.4, -0.2) is 18.6 Å². The molecule has 100 valence electrons. The molecule has 0 aliphatic rings. The Morgan fingerprint density at radius 2 is 1.78 bits per heavy atom. The lowest BCUT2D eigenvalue weighted by atomic mass is 10.1. The van der Waals surface area contributed by atoms with Crippen LogP contribution in [0.1, 0.15) is 39.3 Å². The van der Waals surface area contributed by atoms with Gasteiger partial charge in [-0.15, -0.1) is 0 Å². The van der Waals surface area contributed by atoms with E-state index in [-0.39, 0.29) is 11.9 Å². The summed E-state index contributed by atoms with van der Waals surface area (Å²) in [5, 5.41) is 2.96. The molecule has 0 unspecified atom stereocenters. The van der Waals surface area contributed by atoms with Crippen molar-refractivity contribution in [3.63, 3.8) is 0 Å². The van der Waals surface area contributed by atoms with Crippen molar-refractivity contribution in [2.45, 2.75) is 39.8 Å². The Hall–Kier alpha value is -1.35. The van der Waals surface area contributed by atoms with E-state index in [0.717, 1.165) is 5.56 Å². The molecule has 2 atom stereocenters. The molecule has 0 fully saturated rings. The number of hydrogen-bond donors (Lipinski definition) is 1. The normalized spacial score (nSPS) is 14.3. The Balaban J connectivity index is 2.44. The predicted molar refractivity (Wildman–Crippen MR) is 73.3 cm³/mol. The van der Waals surface area contributed by atoms with Crippen LogP contribution in [0.3, 0.4) is 0 Å². The third-order valence-corrected chi connectivity index (χ3v) is 2.71. The second-order valence-corrected chi connectivity index (χ2v) is 5.01. The van der Waals surface area contributed by atoms with Gasteiger partial charge < -0.3 is 10.1 Å². The maximum absolute atomic E-state index is 11.9. The Bertz CT molecular complexity index is 362. The van der Waals surface area contributed by atoms with Crippen molar-refractivity contribution in [2.24, 2.45) is 5.92 Å². The lowest BCUT2D eigenvalue weighted by molar-refractivity contribution is -0.133. The van der Waals surface area contributed by atoms with Crippen molar-refractivity contribution in [1.82, 2.24) is 5.32 Å². The van der Waals surface area contributed by atoms with Gasteiger partial charge in [0.15, 0.2) is 0 Å². The van der Waals surface area contributed by atoms with E-state index >= 15 is 0 Å². The molecule has 3 heteroatoms. The van der Waals surface area contributed by atoms with E-state index < -0.39 is 6.10 Å². The van der Waals surface area contributed by atoms with Crippen LogP contribution in [-0.2, 0) is 9.53 Å². The summed E-state index contributed by atoms with van der Waals surface area (Å²) in [5.74, 6) is 0.374. The van der Waals surface area contributed by atoms with Crippen LogP contribution >= 0.6 is 0 Å². The van der Waals surface area contributed by atoms with Crippen LogP contribution in [0.5, 0.6) is 0 Å². The second-order valence-electron chi connectivity index (χ2n) is 5.01. The molecule has 18 heavy (non-hydrogen) atoms. The van der Waals surface area contributed by atoms with Crippen LogP contribution in [0, 0.1) is 5.92 Å². The van der Waals surface area contributed by atoms with Crippen molar-refractivity contribution in [3.8, 4) is 0 Å². The van der Waals surface area contributed by atoms with Gasteiger partial charge in [-0.05, 0) is 25.3 Å². The molecule has 0 saturated carbocycles. The molecule has 1 rings (SSSR count). The van der Waals surface area contributed by atoms with E-state index in [1.54, 1.807) is 6.92 Å². The number of rotatable bonds is 6. The Kier molecular flexibility index (Phi) is 5.86. The van der Waals surface area contributed by atoms with Crippen molar-refractivity contribution >= 4 is 5.91 Å². The van der Waals surface area contributed by atoms with Crippen LogP contribution in [0.25, 0.3) is 0 Å². The summed E-state index contributed by atoms with van der Waals surface area (Å²) in [4.78, 5) is 11.9. The lowest BCUT2D eigenvalue weighted by Crippen LogP contribution is -2.36. The van der Waals surface area contributed by atoms with Crippen molar-refractivity contribution in [1.29, 1.82) is 0 Å². The highest BCUT2D eigenvalue weighted by atomic mass is 16.5. The highest BCUT2D eigenvalue weighted by Gasteiger charge is 2.16. The Morgan fingerprint density at radius 3 is 2.33 bits per heavy atom. The van der Waals surface area contributed by atoms with Crippen LogP contribution in [0.4, 0.5) is 0 Å². The zero-order valence-corrected chi connectivity index (χ0v) is 11.6. The summed E-state index contributed by atoms with van der Waals surface area (Å²) >= 11 is 0. The molecule has 0 spiro atoms. The van der Waals surface area contributed by atoms with E-state index in [0.29, 0.717) is 12.5 Å². The maximum Gasteiger partial charge on any atom is 0.249 e. The number of ether oxygens (including phenoxy) is 1. The zero-order chi connectivity index (χ0) is 13.5. The summed E-state index contributed by atoms with van der Waals surface area (Å²) in [6.45, 7) is 8.50. The van der Waals surface area contributed by atoms with Gasteiger partial charge in [0, 0.05) is 6.61 Å². The number of carbonyl (C=O) groups excluding carboxylic acids is 1. The third-order valence-electron chi connectivity index (χ3n) is 2.71. The largest absolute Gasteiger partial charge is 0.368 e. The van der Waals surface area contributed by atoms with Crippen LogP contribution in [0.15, 0.2) is 30.3 Å². The number of carbonyl (C=O) groups is 1. The molecule has 0 radical (unpaired) electrons. The monoisotopic (exact) mass is 249 g/mol. The summed E-state index contributed by atoms with van der Waals surface area (Å²) in [7, 11) is 0. The first kappa shape index (κ1) is 14.7. The molecule has 3 nitrogen and oxygen atoms in total. The van der Waals surface area contributed by atoms with Gasteiger partial charge in [-0.2, -0.15) is 0 Å². The van der Waals surface area contributed by atoms with Gasteiger partial charge in [0.25, 0.3) is 0 Å². The van der Waals surface area contributed by atoms with Crippen molar-refractivity contribution < 1.29 is 9.53 Å². The third kappa shape index (κ3) is 4.88. The minimum Gasteiger partial charge on any atom is -0.368 e. The molecule has 1 aromatic carbocycles. The standard InChI is InChI=1S/C15H23NO2/c1-11(2)10-18-13(4)15(17)16-12(3)14-8-6-5-7-9-14/h5-9,11-13H,10H2,1-4H3,(H,16,17)/t12-,13+/m0/s1. The summed E-state index contributed by atoms with van der Waals surface area (Å²) < 4.78 is 5.49. The molecule has 0 saturated heterocycles. The van der Waals surface area contributed by atoms with Gasteiger partial charge in [-0.3, -0.25) is 4.79 Å². The minimum absolute atomic E-state index is 0.00352. The average Bonchev–Trinajstić information content (AvgIpc) is 2.36. The summed E-state index contributed by atoms with van der Waals surface area (Å²) in [6.07, 6.45) is -0.404. The predicted octanol–water partition coefficient (Wildman–Crippen LogP) is 2.92. The maximum atomic E-state index is 11.9. The molecule has 0 aromatic heterocycles. The van der Waals surface area contributed by atoms with E-state index in [1.807, 2.05) is 37.3 Å². The van der Waals surface area contributed by atoms with E-state index in [1.165, 1.54) is 0 Å². The molecule has 1 aromatic rings. The van der Waals surface area contributed by atoms with Crippen molar-refractivity contribution in [2.75, 3.05) is 6.61 Å². The van der Waals surface area contributed by atoms with Gasteiger partial charge in [0.2, 0.25) is 5.91 Å². The molecule has 0 heterocycles. The van der Waals surface area contributed by atoms with Crippen LogP contribution in [0.2, 0.25) is 0 Å². The first-order valence-electron chi connectivity index (χ1n) is 6.47. The SMILES string of the molecule is CC(C)CO[C@H](C)C(=O)N[C@@H](C)c1ccccc1. The molecular formula is C15H23NO2. The number of amides is 1. The van der Waals surface area contributed by atoms with Gasteiger partial charge in [-0.1, -0.05) is 44.2 Å². The second kappa shape index (κ2) is 7.17. The van der Waals surface area contributed by atoms with Gasteiger partial charge in [-0.25, -0.2) is 0 Å². The molecule has 0 bridgehead atoms. The molecule has 1 amide bonds. The van der Waals surface area contributed by atoms with Gasteiger partial charge in [0.05, 0.1) is 6.04 Å². The fraction of sp³-hybridized carbons (Fsp3) is 0.533. The van der Waals surface area contributed by atoms with Crippen LogP contribution < -0.4 is 5.32 Å². The number of nitrogens with one attached hydrogen (secondary N) is 1. The molecule has 1 N–H and O–H groups in total. The van der Waals surface area contributed by atoms with E-state index in [2.05, 4.69) is 19.2 Å². The first-order chi connectivity index (χ1) is 8.50. The highest BCUT2D eigenvalue weighted by molar-refractivity contribution is 5.80. The van der Waals surface area contributed by atoms with Crippen molar-refractivity contribution in [3.05, 3.63) is 35.9 Å². The number of hydrogen-bond acceptors (Lipinski definition) is 2. The lowest BCUT2D eigenvalue weighted by Gasteiger charge is -2.19. The first-order valence-corrected chi connectivity index (χ1v) is 6.47. The zero-order valence-electron chi connectivity index (χ0n) is 11.6. The summed E-state index contributed by atoms with van der Waals surface area (Å²) in [6, 6.07) is 9.92. The fourth-order valence-electron chi connectivity index (χ4n) is 1.57. The number of benzene rings is 1.